The molecule has 0 aromatic heterocycles. The van der Waals surface area contributed by atoms with E-state index < -0.39 is 15.8 Å². The zero-order valence-corrected chi connectivity index (χ0v) is 17.3. The van der Waals surface area contributed by atoms with Crippen LogP contribution in [0.1, 0.15) is 43.4 Å². The summed E-state index contributed by atoms with van der Waals surface area (Å²) in [6.45, 7) is 4.17. The number of benzene rings is 2. The lowest BCUT2D eigenvalue weighted by Crippen LogP contribution is -2.33. The SMILES string of the molecule is CC[C@@H](NC(=O)CCCN(c1ccc(F)cc1)S(C)(=O)=O)c1ccc(C)cc1. The molecular weight excluding hydrogens is 379 g/mol. The number of carbonyl (C=O) groups is 1. The van der Waals surface area contributed by atoms with Crippen molar-refractivity contribution >= 4 is 21.6 Å². The van der Waals surface area contributed by atoms with Crippen molar-refractivity contribution in [2.45, 2.75) is 39.2 Å². The van der Waals surface area contributed by atoms with Crippen molar-refractivity contribution in [3.05, 3.63) is 65.5 Å². The van der Waals surface area contributed by atoms with Gasteiger partial charge in [-0.1, -0.05) is 36.8 Å². The van der Waals surface area contributed by atoms with Crippen LogP contribution in [0.15, 0.2) is 48.5 Å². The van der Waals surface area contributed by atoms with Gasteiger partial charge in [0.15, 0.2) is 0 Å². The highest BCUT2D eigenvalue weighted by atomic mass is 32.2. The van der Waals surface area contributed by atoms with Gasteiger partial charge in [-0.25, -0.2) is 12.8 Å². The third-order valence-electron chi connectivity index (χ3n) is 4.50. The van der Waals surface area contributed by atoms with Gasteiger partial charge >= 0.3 is 0 Å². The summed E-state index contributed by atoms with van der Waals surface area (Å²) < 4.78 is 38.4. The van der Waals surface area contributed by atoms with E-state index in [1.54, 1.807) is 0 Å². The summed E-state index contributed by atoms with van der Waals surface area (Å²) in [5, 5.41) is 3.01. The molecule has 0 saturated carbocycles. The largest absolute Gasteiger partial charge is 0.349 e. The van der Waals surface area contributed by atoms with Crippen LogP contribution in [0, 0.1) is 12.7 Å². The van der Waals surface area contributed by atoms with Crippen molar-refractivity contribution in [3.63, 3.8) is 0 Å². The molecule has 152 valence electrons. The van der Waals surface area contributed by atoms with Gasteiger partial charge in [0.2, 0.25) is 15.9 Å². The molecule has 5 nitrogen and oxygen atoms in total. The quantitative estimate of drug-likeness (QED) is 0.686. The first-order valence-corrected chi connectivity index (χ1v) is 11.1. The number of rotatable bonds is 9. The van der Waals surface area contributed by atoms with Gasteiger partial charge < -0.3 is 5.32 Å². The molecule has 7 heteroatoms. The Bertz CT molecular complexity index is 881. The lowest BCUT2D eigenvalue weighted by Gasteiger charge is -2.23. The number of carbonyl (C=O) groups excluding carboxylic acids is 1. The van der Waals surface area contributed by atoms with E-state index in [1.807, 2.05) is 38.1 Å². The molecule has 0 saturated heterocycles. The molecule has 2 rings (SSSR count). The maximum atomic E-state index is 13.1. The molecule has 2 aromatic carbocycles. The second-order valence-electron chi connectivity index (χ2n) is 6.85. The minimum atomic E-state index is -3.52. The fraction of sp³-hybridized carbons (Fsp3) is 0.381. The highest BCUT2D eigenvalue weighted by Gasteiger charge is 2.18. The van der Waals surface area contributed by atoms with Gasteiger partial charge in [0.25, 0.3) is 0 Å². The first kappa shape index (κ1) is 21.9. The molecule has 2 aromatic rings. The van der Waals surface area contributed by atoms with Gasteiger partial charge in [-0.2, -0.15) is 0 Å². The molecule has 0 aliphatic rings. The Morgan fingerprint density at radius 3 is 2.25 bits per heavy atom. The Kier molecular flexibility index (Phi) is 7.57. The molecule has 0 radical (unpaired) electrons. The van der Waals surface area contributed by atoms with Gasteiger partial charge in [-0.15, -0.1) is 0 Å². The number of amides is 1. The number of anilines is 1. The van der Waals surface area contributed by atoms with Crippen LogP contribution in [0.3, 0.4) is 0 Å². The molecule has 1 amide bonds. The summed E-state index contributed by atoms with van der Waals surface area (Å²) in [6, 6.07) is 13.2. The monoisotopic (exact) mass is 406 g/mol. The predicted molar refractivity (Wildman–Crippen MR) is 110 cm³/mol. The minimum absolute atomic E-state index is 0.0730. The summed E-state index contributed by atoms with van der Waals surface area (Å²) in [6.07, 6.45) is 2.43. The number of nitrogens with zero attached hydrogens (tertiary/aromatic N) is 1. The Morgan fingerprint density at radius 2 is 1.71 bits per heavy atom. The van der Waals surface area contributed by atoms with Gasteiger partial charge in [0.1, 0.15) is 5.82 Å². The van der Waals surface area contributed by atoms with Gasteiger partial charge in [0.05, 0.1) is 18.0 Å². The van der Waals surface area contributed by atoms with E-state index in [2.05, 4.69) is 5.32 Å². The summed E-state index contributed by atoms with van der Waals surface area (Å²) in [5.74, 6) is -0.557. The van der Waals surface area contributed by atoms with E-state index >= 15 is 0 Å². The Hall–Kier alpha value is -2.41. The van der Waals surface area contributed by atoms with E-state index in [-0.39, 0.29) is 24.9 Å². The standard InChI is InChI=1S/C21H27FN2O3S/c1-4-20(17-9-7-16(2)8-10-17)23-21(25)6-5-15-24(28(3,26)27)19-13-11-18(22)12-14-19/h7-14,20H,4-6,15H2,1-3H3,(H,23,25)/t20-/m1/s1. The van der Waals surface area contributed by atoms with Crippen LogP contribution in [0.2, 0.25) is 0 Å². The van der Waals surface area contributed by atoms with Crippen LogP contribution < -0.4 is 9.62 Å². The fourth-order valence-electron chi connectivity index (χ4n) is 2.96. The van der Waals surface area contributed by atoms with Crippen molar-refractivity contribution < 1.29 is 17.6 Å². The molecule has 1 atom stereocenters. The second kappa shape index (κ2) is 9.68. The fourth-order valence-corrected chi connectivity index (χ4v) is 3.93. The van der Waals surface area contributed by atoms with Gasteiger partial charge in [-0.3, -0.25) is 9.10 Å². The highest BCUT2D eigenvalue weighted by Crippen LogP contribution is 2.20. The zero-order valence-electron chi connectivity index (χ0n) is 16.5. The lowest BCUT2D eigenvalue weighted by atomic mass is 10.0. The van der Waals surface area contributed by atoms with E-state index in [9.17, 15) is 17.6 Å². The Balaban J connectivity index is 1.94. The highest BCUT2D eigenvalue weighted by molar-refractivity contribution is 7.92. The zero-order chi connectivity index (χ0) is 20.7. The van der Waals surface area contributed by atoms with Crippen LogP contribution >= 0.6 is 0 Å². The molecule has 0 aliphatic heterocycles. The molecular formula is C21H27FN2O3S. The molecule has 0 fully saturated rings. The Labute approximate surface area is 166 Å². The number of nitrogens with one attached hydrogen (secondary N) is 1. The lowest BCUT2D eigenvalue weighted by molar-refractivity contribution is -0.121. The van der Waals surface area contributed by atoms with Crippen molar-refractivity contribution in [2.24, 2.45) is 0 Å². The minimum Gasteiger partial charge on any atom is -0.349 e. The maximum Gasteiger partial charge on any atom is 0.232 e. The topological polar surface area (TPSA) is 66.5 Å². The van der Waals surface area contributed by atoms with Crippen molar-refractivity contribution in [1.82, 2.24) is 5.32 Å². The van der Waals surface area contributed by atoms with E-state index in [1.165, 1.54) is 28.6 Å². The first-order chi connectivity index (χ1) is 13.2. The Morgan fingerprint density at radius 1 is 1.11 bits per heavy atom. The smallest absolute Gasteiger partial charge is 0.232 e. The average molecular weight is 407 g/mol. The normalized spacial score (nSPS) is 12.4. The van der Waals surface area contributed by atoms with E-state index in [0.717, 1.165) is 23.8 Å². The predicted octanol–water partition coefficient (Wildman–Crippen LogP) is 3.95. The first-order valence-electron chi connectivity index (χ1n) is 9.30. The van der Waals surface area contributed by atoms with Crippen LogP contribution in [0.4, 0.5) is 10.1 Å². The number of hydrogen-bond donors (Lipinski definition) is 1. The van der Waals surface area contributed by atoms with E-state index in [0.29, 0.717) is 12.1 Å². The van der Waals surface area contributed by atoms with Crippen molar-refractivity contribution in [3.8, 4) is 0 Å². The second-order valence-corrected chi connectivity index (χ2v) is 8.76. The maximum absolute atomic E-state index is 13.1. The molecule has 28 heavy (non-hydrogen) atoms. The van der Waals surface area contributed by atoms with Gasteiger partial charge in [-0.05, 0) is 49.6 Å². The summed E-state index contributed by atoms with van der Waals surface area (Å²) >= 11 is 0. The summed E-state index contributed by atoms with van der Waals surface area (Å²) in [4.78, 5) is 12.3. The number of sulfonamides is 1. The molecule has 0 bridgehead atoms. The average Bonchev–Trinajstić information content (AvgIpc) is 2.64. The number of aryl methyl sites for hydroxylation is 1. The van der Waals surface area contributed by atoms with Crippen LogP contribution in [-0.4, -0.2) is 27.1 Å². The molecule has 0 unspecified atom stereocenters. The third-order valence-corrected chi connectivity index (χ3v) is 5.70. The van der Waals surface area contributed by atoms with Crippen molar-refractivity contribution in [2.75, 3.05) is 17.1 Å². The third kappa shape index (κ3) is 6.34. The molecule has 0 spiro atoms. The number of halogens is 1. The molecule has 0 aliphatic carbocycles. The summed E-state index contributed by atoms with van der Waals surface area (Å²) in [7, 11) is -3.52. The molecule has 0 heterocycles. The van der Waals surface area contributed by atoms with Crippen LogP contribution in [-0.2, 0) is 14.8 Å². The van der Waals surface area contributed by atoms with Crippen molar-refractivity contribution in [1.29, 1.82) is 0 Å². The van der Waals surface area contributed by atoms with Crippen LogP contribution in [0.5, 0.6) is 0 Å². The number of hydrogen-bond acceptors (Lipinski definition) is 3. The molecule has 1 N–H and O–H groups in total. The van der Waals surface area contributed by atoms with Gasteiger partial charge in [0, 0.05) is 13.0 Å². The van der Waals surface area contributed by atoms with E-state index in [4.69, 9.17) is 0 Å². The summed E-state index contributed by atoms with van der Waals surface area (Å²) in [5.41, 5.74) is 2.59. The van der Waals surface area contributed by atoms with Crippen LogP contribution in [0.25, 0.3) is 0 Å².